The van der Waals surface area contributed by atoms with Crippen LogP contribution in [0.5, 0.6) is 5.75 Å². The Morgan fingerprint density at radius 1 is 1.23 bits per heavy atom. The Hall–Kier alpha value is -1.82. The van der Waals surface area contributed by atoms with E-state index < -0.39 is 0 Å². The van der Waals surface area contributed by atoms with E-state index >= 15 is 0 Å². The average Bonchev–Trinajstić information content (AvgIpc) is 2.98. The minimum Gasteiger partial charge on any atom is -0.493 e. The SMILES string of the molecule is COc1cccnc1N1CCC[C@@]2(CCN([C@H]3CC[C@H](O)CC3)C2=O)C1. The molecule has 1 atom stereocenters. The first-order valence-electron chi connectivity index (χ1n) is 9.86. The molecule has 3 heterocycles. The lowest BCUT2D eigenvalue weighted by molar-refractivity contribution is -0.139. The molecular weight excluding hydrogens is 330 g/mol. The first-order chi connectivity index (χ1) is 12.6. The molecule has 4 rings (SSSR count). The van der Waals surface area contributed by atoms with Crippen LogP contribution in [0.2, 0.25) is 0 Å². The summed E-state index contributed by atoms with van der Waals surface area (Å²) in [5.74, 6) is 1.94. The number of piperidine rings is 1. The molecule has 1 spiro atoms. The molecule has 6 heteroatoms. The van der Waals surface area contributed by atoms with Gasteiger partial charge in [-0.2, -0.15) is 0 Å². The van der Waals surface area contributed by atoms with E-state index in [0.717, 1.165) is 76.1 Å². The number of rotatable bonds is 3. The Morgan fingerprint density at radius 2 is 2.04 bits per heavy atom. The van der Waals surface area contributed by atoms with E-state index in [1.807, 2.05) is 12.1 Å². The van der Waals surface area contributed by atoms with Crippen LogP contribution in [-0.2, 0) is 4.79 Å². The Balaban J connectivity index is 1.51. The van der Waals surface area contributed by atoms with Gasteiger partial charge in [0.25, 0.3) is 0 Å². The summed E-state index contributed by atoms with van der Waals surface area (Å²) in [5.41, 5.74) is -0.281. The van der Waals surface area contributed by atoms with Crippen LogP contribution < -0.4 is 9.64 Å². The maximum atomic E-state index is 13.4. The van der Waals surface area contributed by atoms with E-state index in [0.29, 0.717) is 11.9 Å². The number of amides is 1. The largest absolute Gasteiger partial charge is 0.493 e. The molecule has 1 saturated carbocycles. The van der Waals surface area contributed by atoms with E-state index in [-0.39, 0.29) is 11.5 Å². The van der Waals surface area contributed by atoms with Gasteiger partial charge in [-0.15, -0.1) is 0 Å². The van der Waals surface area contributed by atoms with Gasteiger partial charge >= 0.3 is 0 Å². The second-order valence-electron chi connectivity index (χ2n) is 8.05. The molecule has 3 aliphatic rings. The van der Waals surface area contributed by atoms with Crippen molar-refractivity contribution in [3.63, 3.8) is 0 Å². The van der Waals surface area contributed by atoms with Crippen molar-refractivity contribution >= 4 is 11.7 Å². The molecule has 2 saturated heterocycles. The number of aliphatic hydroxyl groups is 1. The first kappa shape index (κ1) is 17.6. The van der Waals surface area contributed by atoms with Gasteiger partial charge in [0, 0.05) is 31.9 Å². The van der Waals surface area contributed by atoms with Crippen LogP contribution in [0.1, 0.15) is 44.9 Å². The summed E-state index contributed by atoms with van der Waals surface area (Å²) in [7, 11) is 1.67. The van der Waals surface area contributed by atoms with Crippen molar-refractivity contribution in [1.29, 1.82) is 0 Å². The van der Waals surface area contributed by atoms with E-state index in [2.05, 4.69) is 14.8 Å². The van der Waals surface area contributed by atoms with Crippen molar-refractivity contribution < 1.29 is 14.6 Å². The van der Waals surface area contributed by atoms with Crippen LogP contribution >= 0.6 is 0 Å². The maximum Gasteiger partial charge on any atom is 0.230 e. The molecule has 1 aromatic heterocycles. The van der Waals surface area contributed by atoms with Crippen LogP contribution in [-0.4, -0.2) is 59.8 Å². The molecule has 0 bridgehead atoms. The fourth-order valence-electron chi connectivity index (χ4n) is 5.04. The number of nitrogens with zero attached hydrogens (tertiary/aromatic N) is 3. The minimum absolute atomic E-state index is 0.181. The third kappa shape index (κ3) is 3.04. The smallest absolute Gasteiger partial charge is 0.230 e. The molecule has 26 heavy (non-hydrogen) atoms. The van der Waals surface area contributed by atoms with Crippen molar-refractivity contribution in [1.82, 2.24) is 9.88 Å². The first-order valence-corrected chi connectivity index (χ1v) is 9.86. The molecule has 2 aliphatic heterocycles. The molecular formula is C20H29N3O3. The third-order valence-electron chi connectivity index (χ3n) is 6.50. The van der Waals surface area contributed by atoms with E-state index in [9.17, 15) is 9.90 Å². The summed E-state index contributed by atoms with van der Waals surface area (Å²) in [6.45, 7) is 2.50. The number of hydrogen-bond acceptors (Lipinski definition) is 5. The van der Waals surface area contributed by atoms with E-state index in [1.54, 1.807) is 13.3 Å². The molecule has 6 nitrogen and oxygen atoms in total. The van der Waals surface area contributed by atoms with E-state index in [4.69, 9.17) is 4.74 Å². The summed E-state index contributed by atoms with van der Waals surface area (Å²) in [4.78, 5) is 22.2. The molecule has 3 fully saturated rings. The lowest BCUT2D eigenvalue weighted by atomic mass is 9.78. The number of carbonyl (C=O) groups is 1. The monoisotopic (exact) mass is 359 g/mol. The lowest BCUT2D eigenvalue weighted by Gasteiger charge is -2.41. The van der Waals surface area contributed by atoms with Gasteiger partial charge in [0.15, 0.2) is 11.6 Å². The van der Waals surface area contributed by atoms with Crippen molar-refractivity contribution in [2.45, 2.75) is 57.1 Å². The highest BCUT2D eigenvalue weighted by atomic mass is 16.5. The van der Waals surface area contributed by atoms with Gasteiger partial charge in [-0.1, -0.05) is 0 Å². The van der Waals surface area contributed by atoms with Crippen LogP contribution in [0.4, 0.5) is 5.82 Å². The Labute approximate surface area is 155 Å². The zero-order valence-corrected chi connectivity index (χ0v) is 15.6. The number of anilines is 1. The van der Waals surface area contributed by atoms with Crippen molar-refractivity contribution in [2.24, 2.45) is 5.41 Å². The minimum atomic E-state index is -0.281. The third-order valence-corrected chi connectivity index (χ3v) is 6.50. The van der Waals surface area contributed by atoms with Gasteiger partial charge in [0.05, 0.1) is 18.6 Å². The van der Waals surface area contributed by atoms with Crippen molar-refractivity contribution in [3.8, 4) is 5.75 Å². The van der Waals surface area contributed by atoms with Crippen LogP contribution in [0.15, 0.2) is 18.3 Å². The van der Waals surface area contributed by atoms with Gasteiger partial charge in [-0.25, -0.2) is 4.98 Å². The predicted octanol–water partition coefficient (Wildman–Crippen LogP) is 2.21. The average molecular weight is 359 g/mol. The summed E-state index contributed by atoms with van der Waals surface area (Å²) in [5, 5.41) is 9.76. The maximum absolute atomic E-state index is 13.4. The molecule has 0 aromatic carbocycles. The molecule has 142 valence electrons. The number of likely N-dealkylation sites (tertiary alicyclic amines) is 1. The number of aliphatic hydroxyl groups excluding tert-OH is 1. The van der Waals surface area contributed by atoms with Gasteiger partial charge in [-0.3, -0.25) is 4.79 Å². The number of pyridine rings is 1. The molecule has 0 unspecified atom stereocenters. The van der Waals surface area contributed by atoms with Crippen LogP contribution in [0, 0.1) is 5.41 Å². The summed E-state index contributed by atoms with van der Waals surface area (Å²) < 4.78 is 5.48. The van der Waals surface area contributed by atoms with Gasteiger partial charge in [-0.05, 0) is 57.1 Å². The summed E-state index contributed by atoms with van der Waals surface area (Å²) >= 11 is 0. The predicted molar refractivity (Wildman–Crippen MR) is 99.3 cm³/mol. The van der Waals surface area contributed by atoms with Crippen molar-refractivity contribution in [2.75, 3.05) is 31.6 Å². The zero-order valence-electron chi connectivity index (χ0n) is 15.6. The highest BCUT2D eigenvalue weighted by molar-refractivity contribution is 5.86. The van der Waals surface area contributed by atoms with Crippen LogP contribution in [0.3, 0.4) is 0 Å². The number of ether oxygens (including phenoxy) is 1. The highest BCUT2D eigenvalue weighted by Crippen LogP contribution is 2.44. The molecule has 0 radical (unpaired) electrons. The molecule has 1 aromatic rings. The van der Waals surface area contributed by atoms with Crippen LogP contribution in [0.25, 0.3) is 0 Å². The highest BCUT2D eigenvalue weighted by Gasteiger charge is 2.51. The molecule has 1 aliphatic carbocycles. The lowest BCUT2D eigenvalue weighted by Crippen LogP contribution is -2.50. The van der Waals surface area contributed by atoms with E-state index in [1.165, 1.54) is 0 Å². The fraction of sp³-hybridized carbons (Fsp3) is 0.700. The number of carbonyl (C=O) groups excluding carboxylic acids is 1. The van der Waals surface area contributed by atoms with Crippen molar-refractivity contribution in [3.05, 3.63) is 18.3 Å². The summed E-state index contributed by atoms with van der Waals surface area (Å²) in [6, 6.07) is 4.12. The molecule has 1 amide bonds. The van der Waals surface area contributed by atoms with Gasteiger partial charge in [0.1, 0.15) is 0 Å². The van der Waals surface area contributed by atoms with Gasteiger partial charge in [0.2, 0.25) is 5.91 Å². The quantitative estimate of drug-likeness (QED) is 0.896. The summed E-state index contributed by atoms with van der Waals surface area (Å²) in [6.07, 6.45) is 8.00. The standard InChI is InChI=1S/C20H29N3O3/c1-26-17-4-2-11-21-18(17)22-12-3-9-20(14-22)10-13-23(19(20)25)15-5-7-16(24)8-6-15/h2,4,11,15-16,24H,3,5-10,12-14H2,1H3/t15-,16-,20-/m1/s1. The second-order valence-corrected chi connectivity index (χ2v) is 8.05. The number of aromatic nitrogens is 1. The zero-order chi connectivity index (χ0) is 18.1. The number of hydrogen-bond donors (Lipinski definition) is 1. The Kier molecular flexibility index (Phi) is 4.78. The number of methoxy groups -OCH3 is 1. The normalized spacial score (nSPS) is 32.3. The molecule has 1 N–H and O–H groups in total. The fourth-order valence-corrected chi connectivity index (χ4v) is 5.04. The Bertz CT molecular complexity index is 659. The van der Waals surface area contributed by atoms with Gasteiger partial charge < -0.3 is 19.6 Å². The Morgan fingerprint density at radius 3 is 2.81 bits per heavy atom. The second kappa shape index (κ2) is 7.06. The topological polar surface area (TPSA) is 65.9 Å².